The second-order valence-electron chi connectivity index (χ2n) is 2.24. The van der Waals surface area contributed by atoms with Crippen LogP contribution in [0.4, 0.5) is 0 Å². The van der Waals surface area contributed by atoms with Crippen LogP contribution >= 0.6 is 0 Å². The van der Waals surface area contributed by atoms with E-state index in [1.807, 2.05) is 13.8 Å². The van der Waals surface area contributed by atoms with Gasteiger partial charge in [-0.3, -0.25) is 0 Å². The Labute approximate surface area is 40.6 Å². The molecule has 0 aromatic heterocycles. The highest BCUT2D eigenvalue weighted by atomic mass is 14.1. The van der Waals surface area contributed by atoms with Crippen molar-refractivity contribution in [1.29, 1.82) is 0 Å². The zero-order valence-corrected chi connectivity index (χ0v) is 4.49. The Balaban J connectivity index is 3.17. The molecule has 0 saturated heterocycles. The van der Waals surface area contributed by atoms with Gasteiger partial charge in [-0.15, -0.1) is 0 Å². The molecule has 0 heterocycles. The highest BCUT2D eigenvalue weighted by molar-refractivity contribution is 4.70. The van der Waals surface area contributed by atoms with Gasteiger partial charge in [0.25, 0.3) is 0 Å². The van der Waals surface area contributed by atoms with E-state index in [1.54, 1.807) is 0 Å². The van der Waals surface area contributed by atoms with Crippen molar-refractivity contribution in [3.8, 4) is 0 Å². The van der Waals surface area contributed by atoms with Crippen LogP contribution in [0, 0.1) is 19.3 Å². The molecule has 0 N–H and O–H groups in total. The van der Waals surface area contributed by atoms with Gasteiger partial charge in [-0.05, 0) is 18.8 Å². The fourth-order valence-corrected chi connectivity index (χ4v) is 0. The summed E-state index contributed by atoms with van der Waals surface area (Å²) >= 11 is 0. The minimum Gasteiger partial charge on any atom is -0.0596 e. The van der Waals surface area contributed by atoms with Crippen LogP contribution in [0.5, 0.6) is 0 Å². The molecule has 6 heavy (non-hydrogen) atoms. The molecular formula is C6H11. The SMILES string of the molecule is [CH]C(C)(C)C[CH2]. The molecule has 35 valence electrons. The summed E-state index contributed by atoms with van der Waals surface area (Å²) in [6.45, 7) is 13.0. The van der Waals surface area contributed by atoms with Crippen LogP contribution in [0.15, 0.2) is 0 Å². The van der Waals surface area contributed by atoms with Crippen molar-refractivity contribution in [1.82, 2.24) is 0 Å². The fraction of sp³-hybridized carbons (Fsp3) is 0.667. The average molecular weight is 83.2 g/mol. The molecule has 0 heteroatoms. The summed E-state index contributed by atoms with van der Waals surface area (Å²) in [7, 11) is 0. The van der Waals surface area contributed by atoms with Gasteiger partial charge in [0.15, 0.2) is 0 Å². The summed E-state index contributed by atoms with van der Waals surface area (Å²) in [6, 6.07) is 0. The third kappa shape index (κ3) is 4.00. The minimum absolute atomic E-state index is 0.0694. The molecule has 0 bridgehead atoms. The molecule has 0 atom stereocenters. The van der Waals surface area contributed by atoms with Crippen LogP contribution in [0.1, 0.15) is 20.3 Å². The van der Waals surface area contributed by atoms with Crippen LogP contribution in [0.3, 0.4) is 0 Å². The Morgan fingerprint density at radius 2 is 1.83 bits per heavy atom. The van der Waals surface area contributed by atoms with E-state index < -0.39 is 0 Å². The predicted molar refractivity (Wildman–Crippen MR) is 28.1 cm³/mol. The lowest BCUT2D eigenvalue weighted by Crippen LogP contribution is -2.01. The van der Waals surface area contributed by atoms with E-state index >= 15 is 0 Å². The van der Waals surface area contributed by atoms with Crippen LogP contribution < -0.4 is 0 Å². The second kappa shape index (κ2) is 1.63. The maximum atomic E-state index is 5.47. The lowest BCUT2D eigenvalue weighted by atomic mass is 9.94. The molecule has 0 aromatic rings. The zero-order valence-electron chi connectivity index (χ0n) is 4.49. The molecule has 0 unspecified atom stereocenters. The number of hydrogen-bond donors (Lipinski definition) is 0. The first kappa shape index (κ1) is 6.00. The molecular weight excluding hydrogens is 72.1 g/mol. The molecule has 0 nitrogen and oxygen atoms in total. The molecule has 0 fully saturated rings. The fourth-order valence-electron chi connectivity index (χ4n) is 0. The number of rotatable bonds is 1. The van der Waals surface area contributed by atoms with Crippen molar-refractivity contribution in [3.63, 3.8) is 0 Å². The maximum absolute atomic E-state index is 5.47. The van der Waals surface area contributed by atoms with E-state index in [-0.39, 0.29) is 5.41 Å². The summed E-state index contributed by atoms with van der Waals surface area (Å²) in [6.07, 6.45) is 0.799. The molecule has 0 amide bonds. The molecule has 0 rings (SSSR count). The first-order chi connectivity index (χ1) is 2.56. The van der Waals surface area contributed by atoms with Gasteiger partial charge in [-0.1, -0.05) is 20.8 Å². The monoisotopic (exact) mass is 83.1 g/mol. The maximum Gasteiger partial charge on any atom is -0.0290 e. The Kier molecular flexibility index (Phi) is 1.63. The Hall–Kier alpha value is 0. The largest absolute Gasteiger partial charge is 0.0596 e. The molecule has 0 aliphatic rings. The minimum atomic E-state index is -0.0694. The van der Waals surface area contributed by atoms with Gasteiger partial charge in [0.1, 0.15) is 0 Å². The first-order valence-corrected chi connectivity index (χ1v) is 2.14. The smallest absolute Gasteiger partial charge is 0.0290 e. The summed E-state index contributed by atoms with van der Waals surface area (Å²) in [5.74, 6) is 0. The molecule has 0 aliphatic heterocycles. The van der Waals surface area contributed by atoms with Gasteiger partial charge in [0.2, 0.25) is 0 Å². The highest BCUT2D eigenvalue weighted by Crippen LogP contribution is 2.15. The highest BCUT2D eigenvalue weighted by Gasteiger charge is 2.04. The predicted octanol–water partition coefficient (Wildman–Crippen LogP) is 1.95. The quantitative estimate of drug-likeness (QED) is 0.454. The summed E-state index contributed by atoms with van der Waals surface area (Å²) in [4.78, 5) is 0. The lowest BCUT2D eigenvalue weighted by molar-refractivity contribution is 0.482. The molecule has 0 aromatic carbocycles. The van der Waals surface area contributed by atoms with E-state index in [2.05, 4.69) is 6.92 Å². The summed E-state index contributed by atoms with van der Waals surface area (Å²) in [5, 5.41) is 0. The zero-order chi connectivity index (χ0) is 5.21. The third-order valence-corrected chi connectivity index (χ3v) is 0.644. The average Bonchev–Trinajstić information content (AvgIpc) is 1.35. The van der Waals surface area contributed by atoms with Gasteiger partial charge in [-0.2, -0.15) is 0 Å². The third-order valence-electron chi connectivity index (χ3n) is 0.644. The van der Waals surface area contributed by atoms with Gasteiger partial charge in [0, 0.05) is 0 Å². The normalized spacial score (nSPS) is 12.0. The van der Waals surface area contributed by atoms with Crippen molar-refractivity contribution in [2.45, 2.75) is 20.3 Å². The van der Waals surface area contributed by atoms with Crippen molar-refractivity contribution >= 4 is 0 Å². The Bertz CT molecular complexity index is 29.8. The molecule has 0 spiro atoms. The van der Waals surface area contributed by atoms with Crippen molar-refractivity contribution in [2.75, 3.05) is 0 Å². The van der Waals surface area contributed by atoms with E-state index in [1.165, 1.54) is 0 Å². The number of hydrogen-bond acceptors (Lipinski definition) is 0. The summed E-state index contributed by atoms with van der Waals surface area (Å²) in [5.41, 5.74) is -0.0694. The summed E-state index contributed by atoms with van der Waals surface area (Å²) < 4.78 is 0. The van der Waals surface area contributed by atoms with Crippen molar-refractivity contribution in [2.24, 2.45) is 5.41 Å². The van der Waals surface area contributed by atoms with Crippen LogP contribution in [0.2, 0.25) is 0 Å². The van der Waals surface area contributed by atoms with Gasteiger partial charge in [0.05, 0.1) is 0 Å². The van der Waals surface area contributed by atoms with Gasteiger partial charge < -0.3 is 0 Å². The Morgan fingerprint density at radius 1 is 1.67 bits per heavy atom. The van der Waals surface area contributed by atoms with E-state index in [0.29, 0.717) is 0 Å². The van der Waals surface area contributed by atoms with E-state index in [9.17, 15) is 0 Å². The van der Waals surface area contributed by atoms with Gasteiger partial charge >= 0.3 is 0 Å². The molecule has 0 aliphatic carbocycles. The standard InChI is InChI=1S/C6H11/c1-5-6(2,3)4/h2H,1,5H2,3-4H3. The van der Waals surface area contributed by atoms with E-state index in [4.69, 9.17) is 6.92 Å². The van der Waals surface area contributed by atoms with Crippen LogP contribution in [-0.2, 0) is 0 Å². The molecule has 3 radical (unpaired) electrons. The van der Waals surface area contributed by atoms with Crippen molar-refractivity contribution in [3.05, 3.63) is 13.8 Å². The van der Waals surface area contributed by atoms with Crippen LogP contribution in [-0.4, -0.2) is 0 Å². The van der Waals surface area contributed by atoms with E-state index in [0.717, 1.165) is 6.42 Å². The topological polar surface area (TPSA) is 0 Å². The first-order valence-electron chi connectivity index (χ1n) is 2.14. The lowest BCUT2D eigenvalue weighted by Gasteiger charge is -2.11. The second-order valence-corrected chi connectivity index (χ2v) is 2.24. The van der Waals surface area contributed by atoms with Crippen LogP contribution in [0.25, 0.3) is 0 Å². The Morgan fingerprint density at radius 3 is 1.83 bits per heavy atom. The van der Waals surface area contributed by atoms with Gasteiger partial charge in [-0.25, -0.2) is 0 Å². The molecule has 0 saturated carbocycles. The van der Waals surface area contributed by atoms with Crippen molar-refractivity contribution < 1.29 is 0 Å².